The van der Waals surface area contributed by atoms with Crippen LogP contribution in [0.15, 0.2) is 76.8 Å². The van der Waals surface area contributed by atoms with Gasteiger partial charge in [-0.05, 0) is 55.2 Å². The van der Waals surface area contributed by atoms with E-state index in [0.29, 0.717) is 0 Å². The molecule has 3 aromatic rings. The van der Waals surface area contributed by atoms with Crippen LogP contribution in [-0.2, 0) is 6.54 Å². The monoisotopic (exact) mass is 477 g/mol. The number of benzene rings is 2. The molecule has 0 bridgehead atoms. The number of aliphatic hydroxyl groups is 2. The summed E-state index contributed by atoms with van der Waals surface area (Å²) in [6.07, 6.45) is 12.1. The van der Waals surface area contributed by atoms with Gasteiger partial charge in [0.1, 0.15) is 12.3 Å². The normalized spacial score (nSPS) is 14.4. The van der Waals surface area contributed by atoms with Crippen LogP contribution in [0, 0.1) is 0 Å². The van der Waals surface area contributed by atoms with Crippen LogP contribution in [0.25, 0.3) is 17.0 Å². The molecule has 1 aliphatic rings. The van der Waals surface area contributed by atoms with Crippen LogP contribution < -0.4 is 14.2 Å². The molecule has 0 saturated heterocycles. The summed E-state index contributed by atoms with van der Waals surface area (Å²) in [4.78, 5) is 3.62. The van der Waals surface area contributed by atoms with Crippen molar-refractivity contribution in [1.82, 2.24) is 0 Å². The van der Waals surface area contributed by atoms with Gasteiger partial charge in [0.25, 0.3) is 0 Å². The molecule has 5 nitrogen and oxygen atoms in total. The molecule has 178 valence electrons. The van der Waals surface area contributed by atoms with E-state index in [1.54, 1.807) is 18.9 Å². The fraction of sp³-hybridized carbons (Fsp3) is 0.321. The Hall–Kier alpha value is -2.80. The van der Waals surface area contributed by atoms with E-state index in [0.717, 1.165) is 61.0 Å². The second kappa shape index (κ2) is 12.1. The number of aliphatic hydroxyl groups excluding tert-OH is 2. The van der Waals surface area contributed by atoms with Gasteiger partial charge in [0.2, 0.25) is 5.52 Å². The Labute approximate surface area is 206 Å². The highest BCUT2D eigenvalue weighted by molar-refractivity contribution is 8.03. The average Bonchev–Trinajstić information content (AvgIpc) is 3.22. The molecule has 0 aliphatic carbocycles. The SMILES string of the molecule is COc1ccc2c(c1)c(/C=C/C=C1\Sc3ccccc3N1CCCCO)cc[n+]2CCCCO. The fourth-order valence-electron chi connectivity index (χ4n) is 4.22. The van der Waals surface area contributed by atoms with Gasteiger partial charge in [-0.25, -0.2) is 0 Å². The zero-order valence-electron chi connectivity index (χ0n) is 19.7. The number of thioether (sulfide) groups is 1. The molecule has 0 atom stereocenters. The van der Waals surface area contributed by atoms with Gasteiger partial charge in [-0.3, -0.25) is 0 Å². The summed E-state index contributed by atoms with van der Waals surface area (Å²) in [5.74, 6) is 0.838. The molecule has 2 N–H and O–H groups in total. The second-order valence-corrected chi connectivity index (χ2v) is 9.36. The molecule has 6 heteroatoms. The molecule has 1 aromatic heterocycles. The lowest BCUT2D eigenvalue weighted by atomic mass is 10.1. The Morgan fingerprint density at radius 2 is 1.82 bits per heavy atom. The summed E-state index contributed by atoms with van der Waals surface area (Å²) in [5, 5.41) is 20.7. The van der Waals surface area contributed by atoms with E-state index in [9.17, 15) is 5.11 Å². The molecule has 34 heavy (non-hydrogen) atoms. The summed E-state index contributed by atoms with van der Waals surface area (Å²) in [6.45, 7) is 2.21. The van der Waals surface area contributed by atoms with Crippen LogP contribution in [0.5, 0.6) is 5.75 Å². The first kappa shape index (κ1) is 24.3. The number of pyridine rings is 1. The van der Waals surface area contributed by atoms with Crippen molar-refractivity contribution in [2.45, 2.75) is 37.1 Å². The molecular weight excluding hydrogens is 444 g/mol. The van der Waals surface area contributed by atoms with Crippen LogP contribution in [0.1, 0.15) is 31.2 Å². The number of nitrogens with zero attached hydrogens (tertiary/aromatic N) is 2. The maximum Gasteiger partial charge on any atom is 0.213 e. The first-order valence-electron chi connectivity index (χ1n) is 11.9. The number of anilines is 1. The summed E-state index contributed by atoms with van der Waals surface area (Å²) in [6, 6.07) is 16.8. The number of fused-ring (bicyclic) bond motifs is 2. The summed E-state index contributed by atoms with van der Waals surface area (Å²) in [7, 11) is 1.69. The van der Waals surface area contributed by atoms with E-state index >= 15 is 0 Å². The summed E-state index contributed by atoms with van der Waals surface area (Å²) < 4.78 is 7.73. The molecule has 1 aliphatic heterocycles. The van der Waals surface area contributed by atoms with E-state index in [-0.39, 0.29) is 13.2 Å². The number of aromatic nitrogens is 1. The average molecular weight is 478 g/mol. The smallest absolute Gasteiger partial charge is 0.213 e. The molecule has 0 amide bonds. The topological polar surface area (TPSA) is 56.8 Å². The molecule has 2 heterocycles. The van der Waals surface area contributed by atoms with Crippen molar-refractivity contribution in [2.24, 2.45) is 0 Å². The lowest BCUT2D eigenvalue weighted by molar-refractivity contribution is -0.671. The van der Waals surface area contributed by atoms with Crippen molar-refractivity contribution in [1.29, 1.82) is 0 Å². The van der Waals surface area contributed by atoms with Crippen molar-refractivity contribution in [3.8, 4) is 5.75 Å². The molecule has 0 saturated carbocycles. The molecule has 0 unspecified atom stereocenters. The van der Waals surface area contributed by atoms with E-state index in [2.05, 4.69) is 76.4 Å². The van der Waals surface area contributed by atoms with E-state index < -0.39 is 0 Å². The number of methoxy groups -OCH3 is 1. The predicted octanol–water partition coefficient (Wildman–Crippen LogP) is 5.15. The number of hydrogen-bond acceptors (Lipinski definition) is 5. The quantitative estimate of drug-likeness (QED) is 0.296. The molecule has 0 spiro atoms. The maximum atomic E-state index is 9.20. The standard InChI is InChI=1S/C28H33N2O3S/c1-33-23-13-14-25-24(21-23)22(15-18-29(25)16-4-6-19-31)9-8-12-28-30(17-5-7-20-32)26-10-2-3-11-27(26)34-28/h2-3,8-15,18,21,31-32H,4-7,16-17,19-20H2,1H3/q+1. The van der Waals surface area contributed by atoms with Crippen molar-refractivity contribution < 1.29 is 19.5 Å². The highest BCUT2D eigenvalue weighted by Crippen LogP contribution is 2.45. The Kier molecular flexibility index (Phi) is 8.63. The van der Waals surface area contributed by atoms with Crippen LogP contribution in [-0.4, -0.2) is 37.1 Å². The molecule has 0 fully saturated rings. The van der Waals surface area contributed by atoms with Crippen molar-refractivity contribution in [3.63, 3.8) is 0 Å². The number of aryl methyl sites for hydroxylation is 1. The van der Waals surface area contributed by atoms with Gasteiger partial charge in [-0.1, -0.05) is 36.0 Å². The van der Waals surface area contributed by atoms with Crippen molar-refractivity contribution >= 4 is 34.4 Å². The van der Waals surface area contributed by atoms with Crippen LogP contribution in [0.3, 0.4) is 0 Å². The zero-order valence-corrected chi connectivity index (χ0v) is 20.5. The Balaban J connectivity index is 1.61. The van der Waals surface area contributed by atoms with E-state index in [1.807, 2.05) is 6.07 Å². The fourth-order valence-corrected chi connectivity index (χ4v) is 5.32. The largest absolute Gasteiger partial charge is 0.497 e. The first-order chi connectivity index (χ1) is 16.7. The van der Waals surface area contributed by atoms with Gasteiger partial charge >= 0.3 is 0 Å². The summed E-state index contributed by atoms with van der Waals surface area (Å²) in [5.41, 5.74) is 3.53. The predicted molar refractivity (Wildman–Crippen MR) is 140 cm³/mol. The van der Waals surface area contributed by atoms with Crippen LogP contribution >= 0.6 is 11.8 Å². The van der Waals surface area contributed by atoms with Gasteiger partial charge < -0.3 is 19.8 Å². The van der Waals surface area contributed by atoms with Gasteiger partial charge in [0, 0.05) is 43.2 Å². The zero-order chi connectivity index (χ0) is 23.8. The number of hydrogen-bond donors (Lipinski definition) is 2. The number of unbranched alkanes of at least 4 members (excludes halogenated alkanes) is 2. The number of ether oxygens (including phenoxy) is 1. The lowest BCUT2D eigenvalue weighted by Gasteiger charge is -2.20. The van der Waals surface area contributed by atoms with E-state index in [1.165, 1.54) is 15.6 Å². The Morgan fingerprint density at radius 3 is 2.65 bits per heavy atom. The number of allylic oxidation sites excluding steroid dienone is 2. The third-order valence-corrected chi connectivity index (χ3v) is 7.14. The molecule has 0 radical (unpaired) electrons. The minimum absolute atomic E-state index is 0.223. The van der Waals surface area contributed by atoms with Gasteiger partial charge in [0.15, 0.2) is 6.20 Å². The van der Waals surface area contributed by atoms with Crippen LogP contribution in [0.2, 0.25) is 0 Å². The van der Waals surface area contributed by atoms with E-state index in [4.69, 9.17) is 9.84 Å². The second-order valence-electron chi connectivity index (χ2n) is 8.29. The third kappa shape index (κ3) is 5.63. The molecular formula is C28H33N2O3S+. The first-order valence-corrected chi connectivity index (χ1v) is 12.7. The van der Waals surface area contributed by atoms with Crippen LogP contribution in [0.4, 0.5) is 5.69 Å². The molecule has 4 rings (SSSR count). The highest BCUT2D eigenvalue weighted by Gasteiger charge is 2.23. The van der Waals surface area contributed by atoms with Gasteiger partial charge in [-0.15, -0.1) is 0 Å². The minimum atomic E-state index is 0.223. The van der Waals surface area contributed by atoms with Crippen molar-refractivity contribution in [3.05, 3.63) is 77.5 Å². The van der Waals surface area contributed by atoms with Gasteiger partial charge in [-0.2, -0.15) is 4.57 Å². The third-order valence-electron chi connectivity index (χ3n) is 6.01. The number of rotatable bonds is 11. The molecule has 2 aromatic carbocycles. The minimum Gasteiger partial charge on any atom is -0.497 e. The highest BCUT2D eigenvalue weighted by atomic mass is 32.2. The lowest BCUT2D eigenvalue weighted by Crippen LogP contribution is -2.34. The maximum absolute atomic E-state index is 9.20. The number of para-hydroxylation sites is 1. The van der Waals surface area contributed by atoms with Crippen molar-refractivity contribution in [2.75, 3.05) is 31.8 Å². The Bertz CT molecular complexity index is 1180. The Morgan fingerprint density at radius 1 is 1.00 bits per heavy atom. The summed E-state index contributed by atoms with van der Waals surface area (Å²) >= 11 is 1.79. The van der Waals surface area contributed by atoms with Gasteiger partial charge in [0.05, 0.1) is 23.2 Å².